The summed E-state index contributed by atoms with van der Waals surface area (Å²) in [6, 6.07) is 7.70. The van der Waals surface area contributed by atoms with Gasteiger partial charge in [-0.05, 0) is 25.1 Å². The van der Waals surface area contributed by atoms with Gasteiger partial charge in [0.2, 0.25) is 0 Å². The van der Waals surface area contributed by atoms with E-state index < -0.39 is 0 Å². The predicted octanol–water partition coefficient (Wildman–Crippen LogP) is 1.75. The minimum Gasteiger partial charge on any atom is -0.495 e. The van der Waals surface area contributed by atoms with Gasteiger partial charge in [0.05, 0.1) is 18.4 Å². The molecule has 0 aromatic heterocycles. The van der Waals surface area contributed by atoms with Crippen molar-refractivity contribution >= 4 is 5.71 Å². The molecule has 2 aliphatic heterocycles. The van der Waals surface area contributed by atoms with Crippen molar-refractivity contribution in [3.8, 4) is 17.6 Å². The molecule has 2 bridgehead atoms. The molecule has 2 fully saturated rings. The molecular weight excluding hydrogens is 252 g/mol. The molecule has 4 nitrogen and oxygen atoms in total. The molecule has 2 saturated heterocycles. The van der Waals surface area contributed by atoms with E-state index in [1.165, 1.54) is 18.7 Å². The summed E-state index contributed by atoms with van der Waals surface area (Å²) < 4.78 is 5.24. The summed E-state index contributed by atoms with van der Waals surface area (Å²) in [7, 11) is 1.65. The zero-order valence-corrected chi connectivity index (χ0v) is 11.6. The summed E-state index contributed by atoms with van der Waals surface area (Å²) in [6.45, 7) is 3.63. The number of benzene rings is 1. The summed E-state index contributed by atoms with van der Waals surface area (Å²) in [5, 5.41) is 4.22. The number of fused-ring (bicyclic) bond motifs is 2. The molecule has 0 amide bonds. The Labute approximate surface area is 119 Å². The third-order valence-corrected chi connectivity index (χ3v) is 3.78. The number of oxime groups is 1. The Morgan fingerprint density at radius 3 is 3.05 bits per heavy atom. The smallest absolute Gasteiger partial charge is 0.177 e. The summed E-state index contributed by atoms with van der Waals surface area (Å²) in [6.07, 6.45) is 1.22. The Bertz CT molecular complexity index is 571. The van der Waals surface area contributed by atoms with E-state index in [0.29, 0.717) is 12.5 Å². The Morgan fingerprint density at radius 1 is 1.40 bits per heavy atom. The molecule has 0 spiro atoms. The van der Waals surface area contributed by atoms with Gasteiger partial charge in [0.1, 0.15) is 5.75 Å². The van der Waals surface area contributed by atoms with Gasteiger partial charge in [-0.3, -0.25) is 4.90 Å². The number of ether oxygens (including phenoxy) is 1. The first-order chi connectivity index (χ1) is 9.86. The number of para-hydroxylation sites is 1. The van der Waals surface area contributed by atoms with Crippen molar-refractivity contribution in [1.29, 1.82) is 0 Å². The minimum absolute atomic E-state index is 0.314. The van der Waals surface area contributed by atoms with Gasteiger partial charge >= 0.3 is 0 Å². The topological polar surface area (TPSA) is 34.1 Å². The average molecular weight is 270 g/mol. The number of nitrogens with zero attached hydrogens (tertiary/aromatic N) is 2. The van der Waals surface area contributed by atoms with E-state index in [9.17, 15) is 0 Å². The van der Waals surface area contributed by atoms with Gasteiger partial charge in [-0.2, -0.15) is 0 Å². The van der Waals surface area contributed by atoms with Crippen molar-refractivity contribution in [2.75, 3.05) is 33.4 Å². The van der Waals surface area contributed by atoms with Crippen LogP contribution in [-0.4, -0.2) is 44.0 Å². The van der Waals surface area contributed by atoms with Crippen LogP contribution >= 0.6 is 0 Å². The molecule has 0 N–H and O–H groups in total. The number of rotatable bonds is 3. The van der Waals surface area contributed by atoms with Crippen LogP contribution in [0.2, 0.25) is 0 Å². The quantitative estimate of drug-likeness (QED) is 0.477. The van der Waals surface area contributed by atoms with Gasteiger partial charge < -0.3 is 9.57 Å². The SMILES string of the molecule is COc1ccccc1C#CCO/N=C1/CN2CCC1C2. The maximum absolute atomic E-state index is 5.31. The lowest BCUT2D eigenvalue weighted by Gasteiger charge is -2.12. The Balaban J connectivity index is 1.53. The van der Waals surface area contributed by atoms with Crippen LogP contribution in [0.4, 0.5) is 0 Å². The fourth-order valence-corrected chi connectivity index (χ4v) is 2.74. The highest BCUT2D eigenvalue weighted by molar-refractivity contribution is 5.91. The van der Waals surface area contributed by atoms with Gasteiger partial charge in [0, 0.05) is 19.0 Å². The van der Waals surface area contributed by atoms with Crippen molar-refractivity contribution in [2.45, 2.75) is 6.42 Å². The van der Waals surface area contributed by atoms with Crippen LogP contribution in [-0.2, 0) is 4.84 Å². The maximum Gasteiger partial charge on any atom is 0.177 e. The van der Waals surface area contributed by atoms with Crippen LogP contribution in [0.15, 0.2) is 29.4 Å². The third-order valence-electron chi connectivity index (χ3n) is 3.78. The summed E-state index contributed by atoms with van der Waals surface area (Å²) >= 11 is 0. The van der Waals surface area contributed by atoms with Crippen LogP contribution in [0.25, 0.3) is 0 Å². The van der Waals surface area contributed by atoms with E-state index >= 15 is 0 Å². The molecular formula is C16H18N2O2. The summed E-state index contributed by atoms with van der Waals surface area (Å²) in [4.78, 5) is 7.72. The van der Waals surface area contributed by atoms with E-state index in [1.807, 2.05) is 24.3 Å². The molecule has 2 heterocycles. The first kappa shape index (κ1) is 13.0. The van der Waals surface area contributed by atoms with E-state index in [0.717, 1.165) is 24.4 Å². The molecule has 2 aliphatic rings. The molecule has 4 heteroatoms. The Kier molecular flexibility index (Phi) is 3.89. The van der Waals surface area contributed by atoms with Crippen molar-refractivity contribution in [3.05, 3.63) is 29.8 Å². The number of piperidine rings is 1. The largest absolute Gasteiger partial charge is 0.495 e. The molecule has 2 atom stereocenters. The zero-order valence-electron chi connectivity index (χ0n) is 11.6. The van der Waals surface area contributed by atoms with Crippen LogP contribution in [0.5, 0.6) is 5.75 Å². The summed E-state index contributed by atoms with van der Waals surface area (Å²) in [5.41, 5.74) is 2.05. The number of hydrogen-bond donors (Lipinski definition) is 0. The standard InChI is InChI=1S/C16H18N2O2/c1-19-16-7-3-2-5-13(16)6-4-10-20-17-15-12-18-9-8-14(15)11-18/h2-3,5,7,14H,8-12H2,1H3/b17-15-. The van der Waals surface area contributed by atoms with Gasteiger partial charge in [-0.15, -0.1) is 0 Å². The normalized spacial score (nSPS) is 25.4. The molecule has 20 heavy (non-hydrogen) atoms. The second-order valence-electron chi connectivity index (χ2n) is 5.08. The van der Waals surface area contributed by atoms with E-state index in [4.69, 9.17) is 9.57 Å². The molecule has 1 aromatic carbocycles. The van der Waals surface area contributed by atoms with Gasteiger partial charge in [0.15, 0.2) is 6.61 Å². The Hall–Kier alpha value is -1.99. The molecule has 1 aromatic rings. The molecule has 0 radical (unpaired) electrons. The monoisotopic (exact) mass is 270 g/mol. The molecule has 0 saturated carbocycles. The highest BCUT2D eigenvalue weighted by Gasteiger charge is 2.35. The summed E-state index contributed by atoms with van der Waals surface area (Å²) in [5.74, 6) is 7.41. The van der Waals surface area contributed by atoms with Gasteiger partial charge in [-0.1, -0.05) is 29.1 Å². The fourth-order valence-electron chi connectivity index (χ4n) is 2.74. The average Bonchev–Trinajstić information content (AvgIpc) is 3.10. The van der Waals surface area contributed by atoms with Crippen LogP contribution in [0.1, 0.15) is 12.0 Å². The highest BCUT2D eigenvalue weighted by Crippen LogP contribution is 2.25. The van der Waals surface area contributed by atoms with Crippen LogP contribution < -0.4 is 4.74 Å². The number of methoxy groups -OCH3 is 1. The van der Waals surface area contributed by atoms with Crippen LogP contribution in [0.3, 0.4) is 0 Å². The van der Waals surface area contributed by atoms with Crippen molar-refractivity contribution in [2.24, 2.45) is 11.1 Å². The highest BCUT2D eigenvalue weighted by atomic mass is 16.6. The molecule has 0 aliphatic carbocycles. The van der Waals surface area contributed by atoms with E-state index in [1.54, 1.807) is 7.11 Å². The first-order valence-electron chi connectivity index (χ1n) is 6.90. The lowest BCUT2D eigenvalue weighted by atomic mass is 10.0. The molecule has 3 rings (SSSR count). The van der Waals surface area contributed by atoms with Gasteiger partial charge in [-0.25, -0.2) is 0 Å². The lowest BCUT2D eigenvalue weighted by molar-refractivity contribution is 0.177. The number of hydrogen-bond acceptors (Lipinski definition) is 4. The molecule has 2 unspecified atom stereocenters. The third kappa shape index (κ3) is 2.78. The van der Waals surface area contributed by atoms with Crippen molar-refractivity contribution in [1.82, 2.24) is 4.90 Å². The predicted molar refractivity (Wildman–Crippen MR) is 77.8 cm³/mol. The van der Waals surface area contributed by atoms with Crippen LogP contribution in [0, 0.1) is 17.8 Å². The first-order valence-corrected chi connectivity index (χ1v) is 6.90. The Morgan fingerprint density at radius 2 is 2.30 bits per heavy atom. The van der Waals surface area contributed by atoms with E-state index in [-0.39, 0.29) is 0 Å². The molecule has 104 valence electrons. The van der Waals surface area contributed by atoms with Crippen molar-refractivity contribution < 1.29 is 9.57 Å². The van der Waals surface area contributed by atoms with Gasteiger partial charge in [0.25, 0.3) is 0 Å². The maximum atomic E-state index is 5.31. The lowest BCUT2D eigenvalue weighted by Crippen LogP contribution is -2.23. The van der Waals surface area contributed by atoms with Crippen molar-refractivity contribution in [3.63, 3.8) is 0 Å². The minimum atomic E-state index is 0.314. The van der Waals surface area contributed by atoms with E-state index in [2.05, 4.69) is 21.9 Å². The second kappa shape index (κ2) is 5.98. The second-order valence-corrected chi connectivity index (χ2v) is 5.08. The fraction of sp³-hybridized carbons (Fsp3) is 0.438. The zero-order chi connectivity index (χ0) is 13.8.